The van der Waals surface area contributed by atoms with Crippen LogP contribution in [0.5, 0.6) is 0 Å². The summed E-state index contributed by atoms with van der Waals surface area (Å²) in [5.41, 5.74) is 1.68. The summed E-state index contributed by atoms with van der Waals surface area (Å²) >= 11 is 0. The molecule has 0 radical (unpaired) electrons. The van der Waals surface area contributed by atoms with Gasteiger partial charge < -0.3 is 9.64 Å². The van der Waals surface area contributed by atoms with Crippen LogP contribution in [0, 0.1) is 6.92 Å². The largest absolute Gasteiger partial charge is 0.468 e. The molecule has 1 aromatic rings. The van der Waals surface area contributed by atoms with E-state index in [2.05, 4.69) is 0 Å². The Balaban J connectivity index is 2.20. The number of nitrogens with zero attached hydrogens (tertiary/aromatic N) is 1. The first-order valence-corrected chi connectivity index (χ1v) is 7.06. The molecule has 1 aliphatic rings. The second-order valence-corrected chi connectivity index (χ2v) is 5.32. The van der Waals surface area contributed by atoms with Gasteiger partial charge in [0, 0.05) is 11.6 Å². The average molecular weight is 275 g/mol. The van der Waals surface area contributed by atoms with Crippen LogP contribution in [0.3, 0.4) is 0 Å². The van der Waals surface area contributed by atoms with Crippen molar-refractivity contribution in [2.75, 3.05) is 13.7 Å². The number of methoxy groups -OCH3 is 1. The van der Waals surface area contributed by atoms with Crippen molar-refractivity contribution >= 4 is 11.9 Å². The van der Waals surface area contributed by atoms with Crippen molar-refractivity contribution in [2.45, 2.75) is 38.6 Å². The predicted octanol–water partition coefficient (Wildman–Crippen LogP) is 2.55. The summed E-state index contributed by atoms with van der Waals surface area (Å²) in [5, 5.41) is 0. The molecule has 0 saturated heterocycles. The fourth-order valence-corrected chi connectivity index (χ4v) is 2.73. The summed E-state index contributed by atoms with van der Waals surface area (Å²) in [6, 6.07) is 7.64. The van der Waals surface area contributed by atoms with E-state index in [1.54, 1.807) is 11.0 Å². The van der Waals surface area contributed by atoms with E-state index in [0.717, 1.165) is 31.2 Å². The third-order valence-electron chi connectivity index (χ3n) is 3.82. The molecule has 1 amide bonds. The molecule has 0 bridgehead atoms. The highest BCUT2D eigenvalue weighted by Crippen LogP contribution is 2.25. The molecule has 108 valence electrons. The minimum absolute atomic E-state index is 0.0357. The van der Waals surface area contributed by atoms with Crippen LogP contribution in [-0.2, 0) is 9.53 Å². The molecule has 0 N–H and O–H groups in total. The SMILES string of the molecule is COC(=O)CN(C(=O)c1cccc(C)c1)C1CCCC1. The van der Waals surface area contributed by atoms with Gasteiger partial charge in [-0.1, -0.05) is 30.5 Å². The number of hydrogen-bond donors (Lipinski definition) is 0. The molecule has 1 fully saturated rings. The second-order valence-electron chi connectivity index (χ2n) is 5.32. The Kier molecular flexibility index (Phi) is 4.77. The molecular weight excluding hydrogens is 254 g/mol. The number of ether oxygens (including phenoxy) is 1. The van der Waals surface area contributed by atoms with Crippen LogP contribution in [0.15, 0.2) is 24.3 Å². The van der Waals surface area contributed by atoms with Crippen LogP contribution in [0.4, 0.5) is 0 Å². The van der Waals surface area contributed by atoms with Crippen molar-refractivity contribution in [1.29, 1.82) is 0 Å². The Bertz CT molecular complexity index is 492. The van der Waals surface area contributed by atoms with Gasteiger partial charge in [-0.05, 0) is 31.9 Å². The zero-order valence-corrected chi connectivity index (χ0v) is 12.1. The molecule has 0 atom stereocenters. The van der Waals surface area contributed by atoms with Gasteiger partial charge in [-0.2, -0.15) is 0 Å². The maximum absolute atomic E-state index is 12.7. The standard InChI is InChI=1S/C16H21NO3/c1-12-6-5-7-13(10-12)16(19)17(11-15(18)20-2)14-8-3-4-9-14/h5-7,10,14H,3-4,8-9,11H2,1-2H3. The highest BCUT2D eigenvalue weighted by atomic mass is 16.5. The van der Waals surface area contributed by atoms with E-state index < -0.39 is 0 Å². The maximum atomic E-state index is 12.7. The highest BCUT2D eigenvalue weighted by molar-refractivity contribution is 5.96. The number of esters is 1. The van der Waals surface area contributed by atoms with Crippen LogP contribution in [0.1, 0.15) is 41.6 Å². The third-order valence-corrected chi connectivity index (χ3v) is 3.82. The zero-order chi connectivity index (χ0) is 14.5. The number of hydrogen-bond acceptors (Lipinski definition) is 3. The number of benzene rings is 1. The minimum atomic E-state index is -0.363. The smallest absolute Gasteiger partial charge is 0.325 e. The molecule has 0 heterocycles. The van der Waals surface area contributed by atoms with Crippen molar-refractivity contribution in [3.63, 3.8) is 0 Å². The predicted molar refractivity (Wildman–Crippen MR) is 76.5 cm³/mol. The molecule has 0 spiro atoms. The first-order chi connectivity index (χ1) is 9.61. The van der Waals surface area contributed by atoms with Crippen LogP contribution in [-0.4, -0.2) is 36.5 Å². The van der Waals surface area contributed by atoms with E-state index in [1.807, 2.05) is 25.1 Å². The summed E-state index contributed by atoms with van der Waals surface area (Å²) in [7, 11) is 1.35. The van der Waals surface area contributed by atoms with Crippen LogP contribution in [0.25, 0.3) is 0 Å². The lowest BCUT2D eigenvalue weighted by atomic mass is 10.1. The topological polar surface area (TPSA) is 46.6 Å². The van der Waals surface area contributed by atoms with E-state index >= 15 is 0 Å². The van der Waals surface area contributed by atoms with E-state index in [-0.39, 0.29) is 24.5 Å². The Morgan fingerprint density at radius 2 is 2.00 bits per heavy atom. The Hall–Kier alpha value is -1.84. The molecule has 0 aliphatic heterocycles. The molecule has 1 aliphatic carbocycles. The van der Waals surface area contributed by atoms with Gasteiger partial charge in [0.25, 0.3) is 5.91 Å². The molecule has 1 saturated carbocycles. The van der Waals surface area contributed by atoms with Gasteiger partial charge in [0.1, 0.15) is 6.54 Å². The van der Waals surface area contributed by atoms with E-state index in [9.17, 15) is 9.59 Å². The number of amides is 1. The van der Waals surface area contributed by atoms with Crippen molar-refractivity contribution in [3.05, 3.63) is 35.4 Å². The fraction of sp³-hybridized carbons (Fsp3) is 0.500. The van der Waals surface area contributed by atoms with E-state index in [1.165, 1.54) is 7.11 Å². The number of carbonyl (C=O) groups excluding carboxylic acids is 2. The van der Waals surface area contributed by atoms with Gasteiger partial charge in [0.05, 0.1) is 7.11 Å². The molecular formula is C16H21NO3. The Labute approximate surface area is 119 Å². The van der Waals surface area contributed by atoms with Gasteiger partial charge >= 0.3 is 5.97 Å². The molecule has 1 aromatic carbocycles. The minimum Gasteiger partial charge on any atom is -0.468 e. The number of carbonyl (C=O) groups is 2. The summed E-state index contributed by atoms with van der Waals surface area (Å²) < 4.78 is 4.72. The van der Waals surface area contributed by atoms with Crippen molar-refractivity contribution in [2.24, 2.45) is 0 Å². The van der Waals surface area contributed by atoms with Crippen molar-refractivity contribution in [3.8, 4) is 0 Å². The highest BCUT2D eigenvalue weighted by Gasteiger charge is 2.29. The lowest BCUT2D eigenvalue weighted by Gasteiger charge is -2.28. The van der Waals surface area contributed by atoms with Crippen molar-refractivity contribution < 1.29 is 14.3 Å². The quantitative estimate of drug-likeness (QED) is 0.793. The first-order valence-electron chi connectivity index (χ1n) is 7.06. The summed E-state index contributed by atoms with van der Waals surface area (Å²) in [5.74, 6) is -0.441. The zero-order valence-electron chi connectivity index (χ0n) is 12.1. The first kappa shape index (κ1) is 14.6. The monoisotopic (exact) mass is 275 g/mol. The van der Waals surface area contributed by atoms with E-state index in [0.29, 0.717) is 5.56 Å². The molecule has 20 heavy (non-hydrogen) atoms. The normalized spacial score (nSPS) is 15.1. The lowest BCUT2D eigenvalue weighted by molar-refractivity contribution is -0.141. The average Bonchev–Trinajstić information content (AvgIpc) is 2.97. The van der Waals surface area contributed by atoms with Crippen LogP contribution < -0.4 is 0 Å². The summed E-state index contributed by atoms with van der Waals surface area (Å²) in [6.45, 7) is 1.99. The third kappa shape index (κ3) is 3.38. The molecule has 2 rings (SSSR count). The van der Waals surface area contributed by atoms with Gasteiger partial charge in [-0.3, -0.25) is 9.59 Å². The summed E-state index contributed by atoms with van der Waals surface area (Å²) in [4.78, 5) is 25.9. The lowest BCUT2D eigenvalue weighted by Crippen LogP contribution is -2.42. The maximum Gasteiger partial charge on any atom is 0.325 e. The van der Waals surface area contributed by atoms with Crippen LogP contribution >= 0.6 is 0 Å². The summed E-state index contributed by atoms with van der Waals surface area (Å²) in [6.07, 6.45) is 4.16. The van der Waals surface area contributed by atoms with Crippen LogP contribution in [0.2, 0.25) is 0 Å². The molecule has 4 heteroatoms. The molecule has 0 aromatic heterocycles. The second kappa shape index (κ2) is 6.55. The van der Waals surface area contributed by atoms with Crippen molar-refractivity contribution in [1.82, 2.24) is 4.90 Å². The number of rotatable bonds is 4. The Morgan fingerprint density at radius 3 is 2.60 bits per heavy atom. The van der Waals surface area contributed by atoms with Gasteiger partial charge in [-0.15, -0.1) is 0 Å². The number of aryl methyl sites for hydroxylation is 1. The van der Waals surface area contributed by atoms with Gasteiger partial charge in [0.2, 0.25) is 0 Å². The molecule has 4 nitrogen and oxygen atoms in total. The Morgan fingerprint density at radius 1 is 1.30 bits per heavy atom. The van der Waals surface area contributed by atoms with Gasteiger partial charge in [-0.25, -0.2) is 0 Å². The van der Waals surface area contributed by atoms with Gasteiger partial charge in [0.15, 0.2) is 0 Å². The van der Waals surface area contributed by atoms with E-state index in [4.69, 9.17) is 4.74 Å². The fourth-order valence-electron chi connectivity index (χ4n) is 2.73. The molecule has 0 unspecified atom stereocenters.